The molecule has 0 aliphatic carbocycles. The van der Waals surface area contributed by atoms with Crippen LogP contribution in [0.25, 0.3) is 60.6 Å². The van der Waals surface area contributed by atoms with Crippen LogP contribution in [0.4, 0.5) is 0 Å². The fraction of sp³-hybridized carbons (Fsp3) is 0. The van der Waals surface area contributed by atoms with Crippen LogP contribution in [0.1, 0.15) is 5.69 Å². The number of para-hydroxylation sites is 2. The van der Waals surface area contributed by atoms with Crippen LogP contribution in [0.15, 0.2) is 108 Å². The molecule has 4 heteroatoms. The van der Waals surface area contributed by atoms with Crippen molar-refractivity contribution in [1.29, 1.82) is 5.26 Å². The predicted octanol–water partition coefficient (Wildman–Crippen LogP) is 7.62. The Balaban J connectivity index is 1.57. The molecule has 0 aliphatic heterocycles. The maximum absolute atomic E-state index is 9.08. The van der Waals surface area contributed by atoms with Crippen LogP contribution in [0.5, 0.6) is 0 Å². The summed E-state index contributed by atoms with van der Waals surface area (Å²) in [5.41, 5.74) is 7.42. The molecule has 0 atom stereocenters. The Kier molecular flexibility index (Phi) is 3.88. The molecule has 3 heterocycles. The molecule has 7 aromatic rings. The van der Waals surface area contributed by atoms with Gasteiger partial charge in [-0.25, -0.2) is 4.98 Å². The van der Waals surface area contributed by atoms with Crippen LogP contribution in [0.2, 0.25) is 0 Å². The second kappa shape index (κ2) is 7.06. The number of nitriles is 1. The maximum Gasteiger partial charge on any atom is 0.160 e. The van der Waals surface area contributed by atoms with Gasteiger partial charge in [0.1, 0.15) is 17.3 Å². The van der Waals surface area contributed by atoms with Crippen molar-refractivity contribution in [3.63, 3.8) is 0 Å². The van der Waals surface area contributed by atoms with E-state index in [-0.39, 0.29) is 0 Å². The van der Waals surface area contributed by atoms with E-state index < -0.39 is 0 Å². The van der Waals surface area contributed by atoms with E-state index in [1.807, 2.05) is 24.3 Å². The summed E-state index contributed by atoms with van der Waals surface area (Å²) in [5, 5.41) is 13.7. The smallest absolute Gasteiger partial charge is 0.160 e. The summed E-state index contributed by atoms with van der Waals surface area (Å²) in [6.07, 6.45) is 1.75. The molecule has 3 aromatic heterocycles. The first-order valence-corrected chi connectivity index (χ1v) is 11.1. The van der Waals surface area contributed by atoms with Crippen molar-refractivity contribution < 1.29 is 4.42 Å². The van der Waals surface area contributed by atoms with Gasteiger partial charge < -0.3 is 8.98 Å². The predicted molar refractivity (Wildman–Crippen MR) is 136 cm³/mol. The van der Waals surface area contributed by atoms with Gasteiger partial charge in [0.05, 0.1) is 11.0 Å². The number of hydrogen-bond acceptors (Lipinski definition) is 3. The van der Waals surface area contributed by atoms with Crippen LogP contribution in [-0.2, 0) is 0 Å². The van der Waals surface area contributed by atoms with Gasteiger partial charge in [-0.2, -0.15) is 5.26 Å². The monoisotopic (exact) mass is 435 g/mol. The highest BCUT2D eigenvalue weighted by Crippen LogP contribution is 2.40. The van der Waals surface area contributed by atoms with Crippen molar-refractivity contribution in [3.05, 3.63) is 109 Å². The van der Waals surface area contributed by atoms with Crippen molar-refractivity contribution in [2.24, 2.45) is 0 Å². The van der Waals surface area contributed by atoms with E-state index in [1.165, 1.54) is 5.39 Å². The van der Waals surface area contributed by atoms with Crippen LogP contribution < -0.4 is 0 Å². The van der Waals surface area contributed by atoms with Gasteiger partial charge in [-0.05, 0) is 48.0 Å². The molecule has 0 aliphatic rings. The standard InChI is InChI=1S/C30H17N3O/c31-17-21-13-12-20(18-32-21)19-6-5-7-22(16-19)33-27-10-3-1-8-23(27)25-14-15-26-24-9-2-4-11-28(24)34-30(26)29(25)33/h1-16,18H. The summed E-state index contributed by atoms with van der Waals surface area (Å²) in [4.78, 5) is 4.25. The zero-order chi connectivity index (χ0) is 22.6. The van der Waals surface area contributed by atoms with E-state index in [0.29, 0.717) is 5.69 Å². The van der Waals surface area contributed by atoms with E-state index in [2.05, 4.69) is 82.4 Å². The molecule has 0 unspecified atom stereocenters. The molecule has 4 nitrogen and oxygen atoms in total. The number of benzene rings is 4. The van der Waals surface area contributed by atoms with Gasteiger partial charge in [-0.3, -0.25) is 0 Å². The highest BCUT2D eigenvalue weighted by atomic mass is 16.3. The van der Waals surface area contributed by atoms with E-state index in [1.54, 1.807) is 12.3 Å². The van der Waals surface area contributed by atoms with Gasteiger partial charge in [0.2, 0.25) is 0 Å². The molecule has 0 saturated carbocycles. The average Bonchev–Trinajstić information content (AvgIpc) is 3.45. The van der Waals surface area contributed by atoms with Crippen LogP contribution >= 0.6 is 0 Å². The van der Waals surface area contributed by atoms with Gasteiger partial charge in [0.15, 0.2) is 5.58 Å². The van der Waals surface area contributed by atoms with Gasteiger partial charge in [-0.15, -0.1) is 0 Å². The average molecular weight is 435 g/mol. The second-order valence-corrected chi connectivity index (χ2v) is 8.38. The summed E-state index contributed by atoms with van der Waals surface area (Å²) in [6, 6.07) is 35.2. The second-order valence-electron chi connectivity index (χ2n) is 8.38. The molecule has 0 spiro atoms. The van der Waals surface area contributed by atoms with Gasteiger partial charge in [-0.1, -0.05) is 54.6 Å². The largest absolute Gasteiger partial charge is 0.454 e. The van der Waals surface area contributed by atoms with E-state index in [0.717, 1.165) is 55.2 Å². The number of rotatable bonds is 2. The topological polar surface area (TPSA) is 54.8 Å². The normalized spacial score (nSPS) is 11.5. The third-order valence-corrected chi connectivity index (χ3v) is 6.50. The molecule has 0 amide bonds. The Morgan fingerprint density at radius 3 is 2.38 bits per heavy atom. The third-order valence-electron chi connectivity index (χ3n) is 6.50. The molecule has 0 radical (unpaired) electrons. The lowest BCUT2D eigenvalue weighted by atomic mass is 10.1. The molecular weight excluding hydrogens is 418 g/mol. The quantitative estimate of drug-likeness (QED) is 0.281. The SMILES string of the molecule is N#Cc1ccc(-c2cccc(-n3c4ccccc4c4ccc5c6ccccc6oc5c43)c2)cn1. The highest BCUT2D eigenvalue weighted by molar-refractivity contribution is 6.21. The molecule has 158 valence electrons. The number of furan rings is 1. The van der Waals surface area contributed by atoms with Crippen LogP contribution in [0.3, 0.4) is 0 Å². The Labute approximate surface area is 194 Å². The lowest BCUT2D eigenvalue weighted by Crippen LogP contribution is -1.95. The minimum absolute atomic E-state index is 0.412. The maximum atomic E-state index is 9.08. The van der Waals surface area contributed by atoms with Crippen molar-refractivity contribution in [2.45, 2.75) is 0 Å². The van der Waals surface area contributed by atoms with Gasteiger partial charge in [0.25, 0.3) is 0 Å². The lowest BCUT2D eigenvalue weighted by Gasteiger charge is -2.10. The number of hydrogen-bond donors (Lipinski definition) is 0. The first-order chi connectivity index (χ1) is 16.8. The summed E-state index contributed by atoms with van der Waals surface area (Å²) in [6.45, 7) is 0. The fourth-order valence-electron chi connectivity index (χ4n) is 4.95. The number of pyridine rings is 1. The van der Waals surface area contributed by atoms with Gasteiger partial charge in [0, 0.05) is 39.0 Å². The summed E-state index contributed by atoms with van der Waals surface area (Å²) in [5.74, 6) is 0. The zero-order valence-electron chi connectivity index (χ0n) is 18.1. The molecule has 0 N–H and O–H groups in total. The van der Waals surface area contributed by atoms with Crippen LogP contribution in [-0.4, -0.2) is 9.55 Å². The lowest BCUT2D eigenvalue weighted by molar-refractivity contribution is 0.671. The summed E-state index contributed by atoms with van der Waals surface area (Å²) < 4.78 is 8.72. The third kappa shape index (κ3) is 2.61. The Bertz CT molecular complexity index is 1920. The minimum atomic E-state index is 0.412. The van der Waals surface area contributed by atoms with Crippen molar-refractivity contribution in [2.75, 3.05) is 0 Å². The number of nitrogens with zero attached hydrogens (tertiary/aromatic N) is 3. The first-order valence-electron chi connectivity index (χ1n) is 11.1. The summed E-state index contributed by atoms with van der Waals surface area (Å²) >= 11 is 0. The molecule has 0 fully saturated rings. The van der Waals surface area contributed by atoms with Gasteiger partial charge >= 0.3 is 0 Å². The Hall–Kier alpha value is -4.88. The number of aromatic nitrogens is 2. The molecule has 34 heavy (non-hydrogen) atoms. The minimum Gasteiger partial charge on any atom is -0.454 e. The first kappa shape index (κ1) is 18.7. The van der Waals surface area contributed by atoms with Crippen molar-refractivity contribution >= 4 is 43.7 Å². The van der Waals surface area contributed by atoms with E-state index in [9.17, 15) is 0 Å². The zero-order valence-corrected chi connectivity index (χ0v) is 18.1. The highest BCUT2D eigenvalue weighted by Gasteiger charge is 2.18. The molecule has 4 aromatic carbocycles. The van der Waals surface area contributed by atoms with E-state index >= 15 is 0 Å². The fourth-order valence-corrected chi connectivity index (χ4v) is 4.95. The molecule has 7 rings (SSSR count). The Morgan fingerprint density at radius 1 is 0.706 bits per heavy atom. The number of fused-ring (bicyclic) bond motifs is 7. The van der Waals surface area contributed by atoms with Crippen molar-refractivity contribution in [3.8, 4) is 22.9 Å². The summed E-state index contributed by atoms with van der Waals surface area (Å²) in [7, 11) is 0. The molecular formula is C30H17N3O. The molecule has 0 saturated heterocycles. The molecule has 0 bridgehead atoms. The Morgan fingerprint density at radius 2 is 1.53 bits per heavy atom. The van der Waals surface area contributed by atoms with E-state index in [4.69, 9.17) is 9.68 Å². The van der Waals surface area contributed by atoms with Crippen LogP contribution in [0, 0.1) is 11.3 Å². The van der Waals surface area contributed by atoms with Crippen molar-refractivity contribution in [1.82, 2.24) is 9.55 Å².